The highest BCUT2D eigenvalue weighted by Gasteiger charge is 2.03. The van der Waals surface area contributed by atoms with E-state index in [4.69, 9.17) is 0 Å². The average molecular weight is 351 g/mol. The third-order valence-electron chi connectivity index (χ3n) is 2.98. The monoisotopic (exact) mass is 350 g/mol. The van der Waals surface area contributed by atoms with Gasteiger partial charge in [0.2, 0.25) is 5.91 Å². The number of anilines is 2. The van der Waals surface area contributed by atoms with Crippen molar-refractivity contribution in [2.45, 2.75) is 13.3 Å². The van der Waals surface area contributed by atoms with Crippen molar-refractivity contribution in [2.75, 3.05) is 17.2 Å². The van der Waals surface area contributed by atoms with Crippen LogP contribution in [-0.2, 0) is 4.79 Å². The van der Waals surface area contributed by atoms with Crippen molar-refractivity contribution in [3.05, 3.63) is 58.3 Å². The first-order valence-electron chi connectivity index (χ1n) is 6.60. The van der Waals surface area contributed by atoms with E-state index in [1.54, 1.807) is 12.1 Å². The largest absolute Gasteiger partial charge is 0.384 e. The third kappa shape index (κ3) is 4.86. The Bertz CT molecular complexity index is 629. The zero-order chi connectivity index (χ0) is 15.2. The first-order valence-corrected chi connectivity index (χ1v) is 7.39. The van der Waals surface area contributed by atoms with Gasteiger partial charge in [-0.25, -0.2) is 4.39 Å². The van der Waals surface area contributed by atoms with Gasteiger partial charge in [-0.2, -0.15) is 0 Å². The van der Waals surface area contributed by atoms with E-state index in [0.29, 0.717) is 18.7 Å². The molecule has 0 spiro atoms. The van der Waals surface area contributed by atoms with Gasteiger partial charge < -0.3 is 10.6 Å². The van der Waals surface area contributed by atoms with Crippen LogP contribution in [0.5, 0.6) is 0 Å². The molecule has 0 atom stereocenters. The Morgan fingerprint density at radius 1 is 1.19 bits per heavy atom. The predicted molar refractivity (Wildman–Crippen MR) is 87.0 cm³/mol. The summed E-state index contributed by atoms with van der Waals surface area (Å²) in [4.78, 5) is 11.8. The lowest BCUT2D eigenvalue weighted by Crippen LogP contribution is -2.16. The summed E-state index contributed by atoms with van der Waals surface area (Å²) in [5.41, 5.74) is 2.72. The molecule has 0 saturated carbocycles. The molecule has 2 N–H and O–H groups in total. The molecule has 1 amide bonds. The van der Waals surface area contributed by atoms with Crippen LogP contribution in [-0.4, -0.2) is 12.5 Å². The van der Waals surface area contributed by atoms with E-state index in [1.165, 1.54) is 12.1 Å². The molecule has 0 unspecified atom stereocenters. The van der Waals surface area contributed by atoms with Crippen LogP contribution < -0.4 is 10.6 Å². The Morgan fingerprint density at radius 2 is 1.90 bits per heavy atom. The summed E-state index contributed by atoms with van der Waals surface area (Å²) in [5.74, 6) is -0.427. The molecule has 2 aromatic rings. The Hall–Kier alpha value is -1.88. The summed E-state index contributed by atoms with van der Waals surface area (Å²) < 4.78 is 13.8. The predicted octanol–water partition coefficient (Wildman–Crippen LogP) is 4.34. The van der Waals surface area contributed by atoms with E-state index in [0.717, 1.165) is 15.7 Å². The molecule has 2 aromatic carbocycles. The molecule has 110 valence electrons. The number of hydrogen-bond donors (Lipinski definition) is 2. The molecule has 21 heavy (non-hydrogen) atoms. The molecule has 5 heteroatoms. The fourth-order valence-electron chi connectivity index (χ4n) is 1.89. The number of carbonyl (C=O) groups is 1. The second-order valence-electron chi connectivity index (χ2n) is 4.69. The summed E-state index contributed by atoms with van der Waals surface area (Å²) in [7, 11) is 0. The van der Waals surface area contributed by atoms with Gasteiger partial charge in [-0.3, -0.25) is 4.79 Å². The molecule has 2 rings (SSSR count). The van der Waals surface area contributed by atoms with Crippen molar-refractivity contribution in [1.29, 1.82) is 0 Å². The lowest BCUT2D eigenvalue weighted by atomic mass is 10.2. The van der Waals surface area contributed by atoms with Crippen LogP contribution in [0.3, 0.4) is 0 Å². The summed E-state index contributed by atoms with van der Waals surface area (Å²) in [6.07, 6.45) is 0.340. The smallest absolute Gasteiger partial charge is 0.226 e. The fraction of sp³-hybridized carbons (Fsp3) is 0.188. The summed E-state index contributed by atoms with van der Waals surface area (Å²) in [6.45, 7) is 2.54. The van der Waals surface area contributed by atoms with Crippen LogP contribution in [0.15, 0.2) is 46.9 Å². The van der Waals surface area contributed by atoms with Crippen LogP contribution in [0.2, 0.25) is 0 Å². The molecule has 3 nitrogen and oxygen atoms in total. The fourth-order valence-corrected chi connectivity index (χ4v) is 2.37. The zero-order valence-electron chi connectivity index (χ0n) is 11.6. The highest BCUT2D eigenvalue weighted by molar-refractivity contribution is 9.10. The van der Waals surface area contributed by atoms with Gasteiger partial charge in [-0.15, -0.1) is 0 Å². The van der Waals surface area contributed by atoms with Gasteiger partial charge in [0, 0.05) is 28.8 Å². The molecule has 0 saturated heterocycles. The van der Waals surface area contributed by atoms with Crippen LogP contribution in [0.4, 0.5) is 15.8 Å². The number of amides is 1. The van der Waals surface area contributed by atoms with Crippen LogP contribution in [0.1, 0.15) is 12.0 Å². The van der Waals surface area contributed by atoms with Crippen molar-refractivity contribution < 1.29 is 9.18 Å². The van der Waals surface area contributed by atoms with Crippen molar-refractivity contribution >= 4 is 33.2 Å². The second-order valence-corrected chi connectivity index (χ2v) is 5.61. The number of aryl methyl sites for hydroxylation is 1. The van der Waals surface area contributed by atoms with Gasteiger partial charge in [-0.1, -0.05) is 15.9 Å². The van der Waals surface area contributed by atoms with Gasteiger partial charge in [-0.05, 0) is 55.0 Å². The number of hydrogen-bond acceptors (Lipinski definition) is 2. The van der Waals surface area contributed by atoms with E-state index < -0.39 is 0 Å². The van der Waals surface area contributed by atoms with Gasteiger partial charge in [0.1, 0.15) is 5.82 Å². The van der Waals surface area contributed by atoms with Crippen molar-refractivity contribution in [1.82, 2.24) is 0 Å². The molecule has 0 fully saturated rings. The maximum Gasteiger partial charge on any atom is 0.226 e. The molecule has 0 heterocycles. The number of benzene rings is 2. The lowest BCUT2D eigenvalue weighted by Gasteiger charge is -2.10. The molecule has 0 aliphatic carbocycles. The standard InChI is InChI=1S/C16H16BrFN2O/c1-11-10-12(17)2-7-15(11)19-9-8-16(21)20-14-5-3-13(18)4-6-14/h2-7,10,19H,8-9H2,1H3,(H,20,21). The van der Waals surface area contributed by atoms with Crippen molar-refractivity contribution in [3.8, 4) is 0 Å². The van der Waals surface area contributed by atoms with E-state index in [1.807, 2.05) is 25.1 Å². The summed E-state index contributed by atoms with van der Waals surface area (Å²) in [6, 6.07) is 11.7. The SMILES string of the molecule is Cc1cc(Br)ccc1NCCC(=O)Nc1ccc(F)cc1. The maximum atomic E-state index is 12.8. The van der Waals surface area contributed by atoms with E-state index in [2.05, 4.69) is 26.6 Å². The van der Waals surface area contributed by atoms with Crippen molar-refractivity contribution in [2.24, 2.45) is 0 Å². The highest BCUT2D eigenvalue weighted by Crippen LogP contribution is 2.19. The Morgan fingerprint density at radius 3 is 2.57 bits per heavy atom. The first kappa shape index (κ1) is 15.5. The topological polar surface area (TPSA) is 41.1 Å². The summed E-state index contributed by atoms with van der Waals surface area (Å²) in [5, 5.41) is 5.95. The van der Waals surface area contributed by atoms with Gasteiger partial charge in [0.15, 0.2) is 0 Å². The molecule has 0 radical (unpaired) electrons. The quantitative estimate of drug-likeness (QED) is 0.842. The van der Waals surface area contributed by atoms with E-state index >= 15 is 0 Å². The van der Waals surface area contributed by atoms with Gasteiger partial charge in [0.25, 0.3) is 0 Å². The lowest BCUT2D eigenvalue weighted by molar-refractivity contribution is -0.115. The van der Waals surface area contributed by atoms with Crippen LogP contribution >= 0.6 is 15.9 Å². The number of rotatable bonds is 5. The minimum absolute atomic E-state index is 0.108. The molecule has 0 aliphatic heterocycles. The van der Waals surface area contributed by atoms with Gasteiger partial charge in [0.05, 0.1) is 0 Å². The molecule has 0 aromatic heterocycles. The zero-order valence-corrected chi connectivity index (χ0v) is 13.2. The first-order chi connectivity index (χ1) is 10.0. The normalized spacial score (nSPS) is 10.2. The van der Waals surface area contributed by atoms with Crippen molar-refractivity contribution in [3.63, 3.8) is 0 Å². The van der Waals surface area contributed by atoms with Crippen LogP contribution in [0, 0.1) is 12.7 Å². The molecule has 0 aliphatic rings. The number of halogens is 2. The molecular formula is C16H16BrFN2O. The van der Waals surface area contributed by atoms with Crippen LogP contribution in [0.25, 0.3) is 0 Å². The minimum atomic E-state index is -0.319. The average Bonchev–Trinajstić information content (AvgIpc) is 2.44. The minimum Gasteiger partial charge on any atom is -0.384 e. The maximum absolute atomic E-state index is 12.8. The third-order valence-corrected chi connectivity index (χ3v) is 3.48. The summed E-state index contributed by atoms with van der Waals surface area (Å²) >= 11 is 3.41. The van der Waals surface area contributed by atoms with E-state index in [9.17, 15) is 9.18 Å². The second kappa shape index (κ2) is 7.22. The Balaban J connectivity index is 1.80. The van der Waals surface area contributed by atoms with E-state index in [-0.39, 0.29) is 11.7 Å². The highest BCUT2D eigenvalue weighted by atomic mass is 79.9. The number of carbonyl (C=O) groups excluding carboxylic acids is 1. The van der Waals surface area contributed by atoms with Gasteiger partial charge >= 0.3 is 0 Å². The number of nitrogens with one attached hydrogen (secondary N) is 2. The Kier molecular flexibility index (Phi) is 5.33. The molecule has 0 bridgehead atoms. The Labute approximate surface area is 131 Å². The molecular weight excluding hydrogens is 335 g/mol.